The number of halogens is 1. The van der Waals surface area contributed by atoms with Crippen molar-refractivity contribution in [2.75, 3.05) is 24.5 Å². The molecule has 128 valence electrons. The number of pyridine rings is 1. The van der Waals surface area contributed by atoms with Gasteiger partial charge in [0.2, 0.25) is 0 Å². The van der Waals surface area contributed by atoms with Gasteiger partial charge in [-0.2, -0.15) is 0 Å². The molecular weight excluding hydrogens is 333 g/mol. The largest absolute Gasteiger partial charge is 0.386 e. The SMILES string of the molecule is CCc1nnsc1C(=O)NCC1(O)CCN(c2ccc(F)cn2)C1. The first-order chi connectivity index (χ1) is 11.5. The van der Waals surface area contributed by atoms with Crippen LogP contribution < -0.4 is 10.2 Å². The first kappa shape index (κ1) is 16.7. The zero-order valence-electron chi connectivity index (χ0n) is 13.2. The van der Waals surface area contributed by atoms with Crippen LogP contribution in [0.3, 0.4) is 0 Å². The van der Waals surface area contributed by atoms with Crippen molar-refractivity contribution in [1.29, 1.82) is 0 Å². The Hall–Kier alpha value is -2.13. The van der Waals surface area contributed by atoms with Crippen molar-refractivity contribution in [3.63, 3.8) is 0 Å². The smallest absolute Gasteiger partial charge is 0.265 e. The molecule has 7 nitrogen and oxygen atoms in total. The van der Waals surface area contributed by atoms with Crippen LogP contribution in [0.25, 0.3) is 0 Å². The number of anilines is 1. The summed E-state index contributed by atoms with van der Waals surface area (Å²) in [6.07, 6.45) is 2.28. The lowest BCUT2D eigenvalue weighted by Gasteiger charge is -2.24. The molecule has 0 aromatic carbocycles. The third-order valence-corrected chi connectivity index (χ3v) is 4.81. The van der Waals surface area contributed by atoms with Crippen LogP contribution in [0, 0.1) is 5.82 Å². The normalized spacial score (nSPS) is 20.4. The van der Waals surface area contributed by atoms with Crippen molar-refractivity contribution < 1.29 is 14.3 Å². The van der Waals surface area contributed by atoms with Crippen molar-refractivity contribution in [1.82, 2.24) is 19.9 Å². The molecule has 3 rings (SSSR count). The predicted molar refractivity (Wildman–Crippen MR) is 87.6 cm³/mol. The molecule has 1 aliphatic heterocycles. The average molecular weight is 351 g/mol. The molecule has 0 bridgehead atoms. The number of carbonyl (C=O) groups is 1. The van der Waals surface area contributed by atoms with Gasteiger partial charge in [0.15, 0.2) is 0 Å². The van der Waals surface area contributed by atoms with E-state index in [0.717, 1.165) is 17.7 Å². The molecule has 3 heterocycles. The summed E-state index contributed by atoms with van der Waals surface area (Å²) in [5, 5.41) is 17.3. The molecule has 0 saturated carbocycles. The maximum atomic E-state index is 12.9. The second-order valence-electron chi connectivity index (χ2n) is 5.82. The van der Waals surface area contributed by atoms with E-state index in [1.807, 2.05) is 11.8 Å². The molecule has 0 aliphatic carbocycles. The highest BCUT2D eigenvalue weighted by atomic mass is 32.1. The number of aromatic nitrogens is 3. The quantitative estimate of drug-likeness (QED) is 0.835. The van der Waals surface area contributed by atoms with Gasteiger partial charge in [0.1, 0.15) is 22.1 Å². The van der Waals surface area contributed by atoms with E-state index in [2.05, 4.69) is 19.9 Å². The molecule has 1 fully saturated rings. The minimum absolute atomic E-state index is 0.130. The molecule has 2 aromatic rings. The predicted octanol–water partition coefficient (Wildman–Crippen LogP) is 1.01. The van der Waals surface area contributed by atoms with E-state index >= 15 is 0 Å². The van der Waals surface area contributed by atoms with Gasteiger partial charge in [0.05, 0.1) is 11.9 Å². The monoisotopic (exact) mass is 351 g/mol. The number of nitrogens with zero attached hydrogens (tertiary/aromatic N) is 4. The highest BCUT2D eigenvalue weighted by Gasteiger charge is 2.37. The molecule has 24 heavy (non-hydrogen) atoms. The van der Waals surface area contributed by atoms with Crippen molar-refractivity contribution in [2.45, 2.75) is 25.4 Å². The van der Waals surface area contributed by atoms with Crippen LogP contribution in [-0.2, 0) is 6.42 Å². The van der Waals surface area contributed by atoms with E-state index in [-0.39, 0.29) is 12.5 Å². The van der Waals surface area contributed by atoms with E-state index < -0.39 is 11.4 Å². The highest BCUT2D eigenvalue weighted by molar-refractivity contribution is 7.08. The lowest BCUT2D eigenvalue weighted by Crippen LogP contribution is -2.45. The molecular formula is C15H18FN5O2S. The van der Waals surface area contributed by atoms with Crippen LogP contribution >= 0.6 is 11.5 Å². The Kier molecular flexibility index (Phi) is 4.72. The summed E-state index contributed by atoms with van der Waals surface area (Å²) < 4.78 is 16.7. The van der Waals surface area contributed by atoms with Crippen LogP contribution in [0.1, 0.15) is 28.7 Å². The Balaban J connectivity index is 1.59. The van der Waals surface area contributed by atoms with Crippen LogP contribution in [-0.4, -0.2) is 50.8 Å². The molecule has 2 aromatic heterocycles. The molecule has 1 atom stereocenters. The topological polar surface area (TPSA) is 91.2 Å². The van der Waals surface area contributed by atoms with E-state index in [1.54, 1.807) is 6.07 Å². The molecule has 1 aliphatic rings. The summed E-state index contributed by atoms with van der Waals surface area (Å²) in [5.41, 5.74) is -0.385. The number of hydrogen-bond donors (Lipinski definition) is 2. The number of β-amino-alcohol motifs (C(OH)–C–C–N with tert-alkyl or cyclic N) is 1. The Morgan fingerprint density at radius 1 is 1.54 bits per heavy atom. The van der Waals surface area contributed by atoms with Crippen LogP contribution in [0.15, 0.2) is 18.3 Å². The van der Waals surface area contributed by atoms with Crippen LogP contribution in [0.5, 0.6) is 0 Å². The van der Waals surface area contributed by atoms with Crippen LogP contribution in [0.2, 0.25) is 0 Å². The minimum Gasteiger partial charge on any atom is -0.386 e. The fourth-order valence-electron chi connectivity index (χ4n) is 2.69. The molecule has 1 unspecified atom stereocenters. The Morgan fingerprint density at radius 2 is 2.38 bits per heavy atom. The third kappa shape index (κ3) is 3.51. The van der Waals surface area contributed by atoms with Gasteiger partial charge < -0.3 is 15.3 Å². The highest BCUT2D eigenvalue weighted by Crippen LogP contribution is 2.25. The zero-order valence-corrected chi connectivity index (χ0v) is 14.0. The average Bonchev–Trinajstić information content (AvgIpc) is 3.20. The fourth-order valence-corrected chi connectivity index (χ4v) is 3.36. The summed E-state index contributed by atoms with van der Waals surface area (Å²) >= 11 is 1.05. The van der Waals surface area contributed by atoms with Crippen LogP contribution in [0.4, 0.5) is 10.2 Å². The Labute approximate surface area is 142 Å². The van der Waals surface area contributed by atoms with Crippen molar-refractivity contribution in [3.05, 3.63) is 34.7 Å². The first-order valence-corrected chi connectivity index (χ1v) is 8.46. The molecule has 9 heteroatoms. The van der Waals surface area contributed by atoms with Gasteiger partial charge in [-0.25, -0.2) is 9.37 Å². The summed E-state index contributed by atoms with van der Waals surface area (Å²) in [5.74, 6) is -0.0578. The minimum atomic E-state index is -1.05. The Morgan fingerprint density at radius 3 is 3.08 bits per heavy atom. The van der Waals surface area contributed by atoms with Gasteiger partial charge in [-0.3, -0.25) is 4.79 Å². The van der Waals surface area contributed by atoms with Gasteiger partial charge in [0.25, 0.3) is 5.91 Å². The van der Waals surface area contributed by atoms with Gasteiger partial charge in [-0.1, -0.05) is 11.4 Å². The number of amides is 1. The summed E-state index contributed by atoms with van der Waals surface area (Å²) in [6.45, 7) is 2.96. The molecule has 1 saturated heterocycles. The zero-order chi connectivity index (χ0) is 17.2. The number of aryl methyl sites for hydroxylation is 1. The number of rotatable bonds is 5. The third-order valence-electron chi connectivity index (χ3n) is 4.04. The lowest BCUT2D eigenvalue weighted by molar-refractivity contribution is 0.0576. The summed E-state index contributed by atoms with van der Waals surface area (Å²) in [7, 11) is 0. The second kappa shape index (κ2) is 6.78. The standard InChI is InChI=1S/C15H18FN5O2S/c1-2-11-13(24-20-19-11)14(22)18-8-15(23)5-6-21(9-15)12-4-3-10(16)7-17-12/h3-4,7,23H,2,5-6,8-9H2,1H3,(H,18,22). The maximum absolute atomic E-state index is 12.9. The van der Waals surface area contributed by atoms with Crippen molar-refractivity contribution >= 4 is 23.3 Å². The second-order valence-corrected chi connectivity index (χ2v) is 6.57. The lowest BCUT2D eigenvalue weighted by atomic mass is 10.0. The number of nitrogens with one attached hydrogen (secondary N) is 1. The maximum Gasteiger partial charge on any atom is 0.265 e. The van der Waals surface area contributed by atoms with E-state index in [0.29, 0.717) is 42.3 Å². The summed E-state index contributed by atoms with van der Waals surface area (Å²) in [4.78, 5) is 18.6. The molecule has 0 radical (unpaired) electrons. The van der Waals surface area contributed by atoms with E-state index in [9.17, 15) is 14.3 Å². The van der Waals surface area contributed by atoms with Crippen molar-refractivity contribution in [3.8, 4) is 0 Å². The first-order valence-electron chi connectivity index (χ1n) is 7.69. The molecule has 1 amide bonds. The van der Waals surface area contributed by atoms with Gasteiger partial charge in [0, 0.05) is 19.6 Å². The number of aliphatic hydroxyl groups is 1. The molecule has 0 spiro atoms. The number of hydrogen-bond acceptors (Lipinski definition) is 7. The van der Waals surface area contributed by atoms with Gasteiger partial charge >= 0.3 is 0 Å². The van der Waals surface area contributed by atoms with Gasteiger partial charge in [-0.15, -0.1) is 5.10 Å². The number of carbonyl (C=O) groups excluding carboxylic acids is 1. The van der Waals surface area contributed by atoms with E-state index in [1.165, 1.54) is 6.07 Å². The molecule has 2 N–H and O–H groups in total. The van der Waals surface area contributed by atoms with Gasteiger partial charge in [-0.05, 0) is 36.5 Å². The van der Waals surface area contributed by atoms with Crippen molar-refractivity contribution in [2.24, 2.45) is 0 Å². The Bertz CT molecular complexity index is 723. The fraction of sp³-hybridized carbons (Fsp3) is 0.467. The summed E-state index contributed by atoms with van der Waals surface area (Å²) in [6, 6.07) is 2.92. The van der Waals surface area contributed by atoms with E-state index in [4.69, 9.17) is 0 Å².